The first-order valence-electron chi connectivity index (χ1n) is 9.76. The number of hydrogen-bond donors (Lipinski definition) is 0. The molecule has 0 spiro atoms. The molecular weight excluding hydrogens is 400 g/mol. The lowest BCUT2D eigenvalue weighted by atomic mass is 10.1. The zero-order valence-corrected chi connectivity index (χ0v) is 18.2. The number of thioether (sulfide) groups is 1. The maximum atomic E-state index is 5.91. The van der Waals surface area contributed by atoms with E-state index in [0.29, 0.717) is 12.5 Å². The van der Waals surface area contributed by atoms with Gasteiger partial charge in [-0.05, 0) is 36.6 Å². The van der Waals surface area contributed by atoms with E-state index in [-0.39, 0.29) is 0 Å². The summed E-state index contributed by atoms with van der Waals surface area (Å²) in [6.45, 7) is 5.77. The van der Waals surface area contributed by atoms with Gasteiger partial charge in [-0.1, -0.05) is 55.9 Å². The third kappa shape index (κ3) is 5.16. The quantitative estimate of drug-likeness (QED) is 0.318. The van der Waals surface area contributed by atoms with Crippen molar-refractivity contribution in [3.8, 4) is 5.75 Å². The standard InChI is InChI=1S/C22H24N4OS2/c1-16(2)12-13-26-20(14-27-17-8-4-3-5-9-17)24-25-22(26)28-15-21-23-18-10-6-7-11-19(18)29-21/h3-11,16H,12-15H2,1-2H3. The molecule has 0 aliphatic rings. The van der Waals surface area contributed by atoms with Crippen molar-refractivity contribution < 1.29 is 4.74 Å². The number of thiazole rings is 1. The third-order valence-electron chi connectivity index (χ3n) is 4.50. The summed E-state index contributed by atoms with van der Waals surface area (Å²) in [5.41, 5.74) is 1.06. The molecule has 0 bridgehead atoms. The Morgan fingerprint density at radius 2 is 1.83 bits per heavy atom. The number of para-hydroxylation sites is 2. The van der Waals surface area contributed by atoms with Crippen LogP contribution in [-0.2, 0) is 18.9 Å². The molecule has 0 saturated heterocycles. The average molecular weight is 425 g/mol. The molecule has 0 amide bonds. The van der Waals surface area contributed by atoms with Gasteiger partial charge in [0.25, 0.3) is 0 Å². The largest absolute Gasteiger partial charge is 0.486 e. The highest BCUT2D eigenvalue weighted by Gasteiger charge is 2.15. The lowest BCUT2D eigenvalue weighted by Gasteiger charge is -2.12. The maximum absolute atomic E-state index is 5.91. The molecule has 2 heterocycles. The van der Waals surface area contributed by atoms with Gasteiger partial charge in [0.15, 0.2) is 11.0 Å². The Morgan fingerprint density at radius 1 is 1.03 bits per heavy atom. The first-order valence-corrected chi connectivity index (χ1v) is 11.6. The van der Waals surface area contributed by atoms with Crippen LogP contribution >= 0.6 is 23.1 Å². The SMILES string of the molecule is CC(C)CCn1c(COc2ccccc2)nnc1SCc1nc2ccccc2s1. The molecule has 150 valence electrons. The van der Waals surface area contributed by atoms with Gasteiger partial charge >= 0.3 is 0 Å². The third-order valence-corrected chi connectivity index (χ3v) is 6.69. The van der Waals surface area contributed by atoms with Crippen LogP contribution in [-0.4, -0.2) is 19.7 Å². The summed E-state index contributed by atoms with van der Waals surface area (Å²) < 4.78 is 9.33. The van der Waals surface area contributed by atoms with Crippen LogP contribution in [0, 0.1) is 5.92 Å². The number of nitrogens with zero attached hydrogens (tertiary/aromatic N) is 4. The van der Waals surface area contributed by atoms with Crippen molar-refractivity contribution in [2.45, 2.75) is 44.3 Å². The maximum Gasteiger partial charge on any atom is 0.191 e. The number of hydrogen-bond acceptors (Lipinski definition) is 6. The van der Waals surface area contributed by atoms with Gasteiger partial charge in [-0.15, -0.1) is 21.5 Å². The summed E-state index contributed by atoms with van der Waals surface area (Å²) in [5, 5.41) is 10.9. The van der Waals surface area contributed by atoms with E-state index in [9.17, 15) is 0 Å². The minimum atomic E-state index is 0.413. The Balaban J connectivity index is 1.47. The second kappa shape index (κ2) is 9.41. The lowest BCUT2D eigenvalue weighted by Crippen LogP contribution is -2.10. The van der Waals surface area contributed by atoms with Gasteiger partial charge < -0.3 is 9.30 Å². The molecule has 0 aliphatic carbocycles. The zero-order valence-electron chi connectivity index (χ0n) is 16.6. The smallest absolute Gasteiger partial charge is 0.191 e. The summed E-state index contributed by atoms with van der Waals surface area (Å²) >= 11 is 3.43. The van der Waals surface area contributed by atoms with E-state index in [1.165, 1.54) is 4.70 Å². The number of ether oxygens (including phenoxy) is 1. The molecule has 5 nitrogen and oxygen atoms in total. The van der Waals surface area contributed by atoms with Gasteiger partial charge in [0.2, 0.25) is 0 Å². The molecule has 0 radical (unpaired) electrons. The molecule has 0 aliphatic heterocycles. The van der Waals surface area contributed by atoms with Crippen molar-refractivity contribution in [2.75, 3.05) is 0 Å². The highest BCUT2D eigenvalue weighted by atomic mass is 32.2. The van der Waals surface area contributed by atoms with Gasteiger partial charge in [-0.3, -0.25) is 0 Å². The molecule has 2 aromatic carbocycles. The van der Waals surface area contributed by atoms with Crippen LogP contribution in [0.3, 0.4) is 0 Å². The molecule has 0 fully saturated rings. The first kappa shape index (κ1) is 19.9. The van der Waals surface area contributed by atoms with Crippen molar-refractivity contribution >= 4 is 33.3 Å². The molecule has 2 aromatic heterocycles. The number of fused-ring (bicyclic) bond motifs is 1. The fraction of sp³-hybridized carbons (Fsp3) is 0.318. The fourth-order valence-electron chi connectivity index (χ4n) is 2.92. The van der Waals surface area contributed by atoms with Gasteiger partial charge in [-0.25, -0.2) is 4.98 Å². The van der Waals surface area contributed by atoms with Crippen molar-refractivity contribution in [1.29, 1.82) is 0 Å². The minimum absolute atomic E-state index is 0.413. The molecule has 0 N–H and O–H groups in total. The van der Waals surface area contributed by atoms with E-state index in [1.807, 2.05) is 36.4 Å². The first-order chi connectivity index (χ1) is 14.2. The summed E-state index contributed by atoms with van der Waals surface area (Å²) in [4.78, 5) is 4.73. The Hall–Kier alpha value is -2.38. The van der Waals surface area contributed by atoms with Crippen LogP contribution < -0.4 is 4.74 Å². The van der Waals surface area contributed by atoms with Gasteiger partial charge in [0.05, 0.1) is 16.0 Å². The molecule has 0 saturated carbocycles. The summed E-state index contributed by atoms with van der Waals surface area (Å²) in [6, 6.07) is 18.1. The van der Waals surface area contributed by atoms with Crippen molar-refractivity contribution in [1.82, 2.24) is 19.7 Å². The van der Waals surface area contributed by atoms with E-state index in [4.69, 9.17) is 9.72 Å². The Labute approximate surface area is 179 Å². The van der Waals surface area contributed by atoms with Crippen molar-refractivity contribution in [3.05, 3.63) is 65.4 Å². The second-order valence-corrected chi connectivity index (χ2v) is 9.26. The molecule has 0 atom stereocenters. The average Bonchev–Trinajstić information content (AvgIpc) is 3.33. The predicted molar refractivity (Wildman–Crippen MR) is 119 cm³/mol. The predicted octanol–water partition coefficient (Wildman–Crippen LogP) is 5.81. The highest BCUT2D eigenvalue weighted by Crippen LogP contribution is 2.28. The summed E-state index contributed by atoms with van der Waals surface area (Å²) in [7, 11) is 0. The van der Waals surface area contributed by atoms with E-state index in [0.717, 1.165) is 46.0 Å². The molecule has 0 unspecified atom stereocenters. The molecular formula is C22H24N4OS2. The molecule has 29 heavy (non-hydrogen) atoms. The van der Waals surface area contributed by atoms with E-state index < -0.39 is 0 Å². The van der Waals surface area contributed by atoms with E-state index in [2.05, 4.69) is 46.8 Å². The number of rotatable bonds is 9. The van der Waals surface area contributed by atoms with Gasteiger partial charge in [0.1, 0.15) is 17.4 Å². The van der Waals surface area contributed by atoms with Crippen LogP contribution in [0.15, 0.2) is 59.8 Å². The molecule has 7 heteroatoms. The van der Waals surface area contributed by atoms with Crippen LogP contribution in [0.5, 0.6) is 5.75 Å². The summed E-state index contributed by atoms with van der Waals surface area (Å²) in [5.74, 6) is 3.11. The topological polar surface area (TPSA) is 52.8 Å². The van der Waals surface area contributed by atoms with Crippen molar-refractivity contribution in [3.63, 3.8) is 0 Å². The van der Waals surface area contributed by atoms with Gasteiger partial charge in [0, 0.05) is 6.54 Å². The summed E-state index contributed by atoms with van der Waals surface area (Å²) in [6.07, 6.45) is 1.07. The highest BCUT2D eigenvalue weighted by molar-refractivity contribution is 7.98. The number of aromatic nitrogens is 4. The normalized spacial score (nSPS) is 11.4. The van der Waals surface area contributed by atoms with Crippen LogP contribution in [0.4, 0.5) is 0 Å². The fourth-order valence-corrected chi connectivity index (χ4v) is 4.86. The van der Waals surface area contributed by atoms with E-state index >= 15 is 0 Å². The van der Waals surface area contributed by atoms with Crippen LogP contribution in [0.1, 0.15) is 31.1 Å². The molecule has 4 rings (SSSR count). The molecule has 4 aromatic rings. The Bertz CT molecular complexity index is 1030. The van der Waals surface area contributed by atoms with E-state index in [1.54, 1.807) is 23.1 Å². The van der Waals surface area contributed by atoms with Crippen LogP contribution in [0.2, 0.25) is 0 Å². The van der Waals surface area contributed by atoms with Gasteiger partial charge in [-0.2, -0.15) is 0 Å². The minimum Gasteiger partial charge on any atom is -0.486 e. The van der Waals surface area contributed by atoms with Crippen molar-refractivity contribution in [2.24, 2.45) is 5.92 Å². The van der Waals surface area contributed by atoms with Crippen LogP contribution in [0.25, 0.3) is 10.2 Å². The number of benzene rings is 2. The second-order valence-electron chi connectivity index (χ2n) is 7.20. The Morgan fingerprint density at radius 3 is 2.62 bits per heavy atom. The Kier molecular flexibility index (Phi) is 6.46. The zero-order chi connectivity index (χ0) is 20.1. The lowest BCUT2D eigenvalue weighted by molar-refractivity contribution is 0.285. The monoisotopic (exact) mass is 424 g/mol.